The van der Waals surface area contributed by atoms with Crippen molar-refractivity contribution in [1.82, 2.24) is 34.8 Å². The number of aryl methyl sites for hydroxylation is 1. The Morgan fingerprint density at radius 2 is 2.04 bits per heavy atom. The summed E-state index contributed by atoms with van der Waals surface area (Å²) in [5, 5.41) is 20.4. The summed E-state index contributed by atoms with van der Waals surface area (Å²) >= 11 is 0. The summed E-state index contributed by atoms with van der Waals surface area (Å²) in [6, 6.07) is 3.76. The van der Waals surface area contributed by atoms with Crippen LogP contribution in [0.4, 0.5) is 14.9 Å². The summed E-state index contributed by atoms with van der Waals surface area (Å²) in [5.41, 5.74) is 0.662. The molecule has 11 heteroatoms. The summed E-state index contributed by atoms with van der Waals surface area (Å²) in [7, 11) is 1.64. The number of aromatic nitrogens is 6. The predicted molar refractivity (Wildman–Crippen MR) is 93.7 cm³/mol. The van der Waals surface area contributed by atoms with E-state index in [1.165, 1.54) is 24.8 Å². The van der Waals surface area contributed by atoms with Crippen LogP contribution in [0.2, 0.25) is 0 Å². The molecule has 0 atom stereocenters. The Balaban J connectivity index is 1.59. The Labute approximate surface area is 154 Å². The summed E-state index contributed by atoms with van der Waals surface area (Å²) in [5.74, 6) is 0.0460. The van der Waals surface area contributed by atoms with Crippen molar-refractivity contribution < 1.29 is 13.9 Å². The number of urea groups is 1. The first-order valence-corrected chi connectivity index (χ1v) is 8.22. The quantitative estimate of drug-likeness (QED) is 0.576. The number of carbonyl (C=O) groups is 1. The fourth-order valence-electron chi connectivity index (χ4n) is 2.41. The van der Waals surface area contributed by atoms with Crippen LogP contribution >= 0.6 is 0 Å². The number of halogens is 1. The Kier molecular flexibility index (Phi) is 6.05. The molecule has 2 N–H and O–H groups in total. The SMILES string of the molecule is COCCCn1cnnc1CNC(=O)Nc1cc(-n2cnnc2)ccc1F. The average Bonchev–Trinajstić information content (AvgIpc) is 3.34. The van der Waals surface area contributed by atoms with Gasteiger partial charge < -0.3 is 19.9 Å². The maximum atomic E-state index is 14.0. The van der Waals surface area contributed by atoms with Gasteiger partial charge in [0.15, 0.2) is 5.82 Å². The average molecular weight is 374 g/mol. The van der Waals surface area contributed by atoms with Crippen LogP contribution < -0.4 is 10.6 Å². The number of carbonyl (C=O) groups excluding carboxylic acids is 1. The van der Waals surface area contributed by atoms with Crippen LogP contribution in [-0.4, -0.2) is 49.3 Å². The number of ether oxygens (including phenoxy) is 1. The molecule has 142 valence electrons. The Morgan fingerprint density at radius 3 is 2.81 bits per heavy atom. The number of hydrogen-bond donors (Lipinski definition) is 2. The molecular formula is C16H19FN8O2. The van der Waals surface area contributed by atoms with Crippen molar-refractivity contribution in [2.75, 3.05) is 19.0 Å². The van der Waals surface area contributed by atoms with E-state index in [2.05, 4.69) is 31.0 Å². The van der Waals surface area contributed by atoms with Crippen molar-refractivity contribution in [3.63, 3.8) is 0 Å². The fraction of sp³-hybridized carbons (Fsp3) is 0.312. The zero-order valence-corrected chi connectivity index (χ0v) is 14.7. The third-order valence-corrected chi connectivity index (χ3v) is 3.77. The number of nitrogens with zero attached hydrogens (tertiary/aromatic N) is 6. The molecule has 0 saturated heterocycles. The fourth-order valence-corrected chi connectivity index (χ4v) is 2.41. The molecule has 3 aromatic rings. The summed E-state index contributed by atoms with van der Waals surface area (Å²) in [6.45, 7) is 1.45. The second kappa shape index (κ2) is 8.85. The van der Waals surface area contributed by atoms with Crippen molar-refractivity contribution >= 4 is 11.7 Å². The number of anilines is 1. The van der Waals surface area contributed by atoms with Gasteiger partial charge in [-0.25, -0.2) is 9.18 Å². The minimum Gasteiger partial charge on any atom is -0.385 e. The lowest BCUT2D eigenvalue weighted by atomic mass is 10.2. The zero-order chi connectivity index (χ0) is 19.1. The van der Waals surface area contributed by atoms with Crippen molar-refractivity contribution in [3.05, 3.63) is 48.8 Å². The highest BCUT2D eigenvalue weighted by molar-refractivity contribution is 5.89. The normalized spacial score (nSPS) is 10.7. The van der Waals surface area contributed by atoms with Crippen LogP contribution in [0.25, 0.3) is 5.69 Å². The number of methoxy groups -OCH3 is 1. The molecule has 2 amide bonds. The topological polar surface area (TPSA) is 112 Å². The highest BCUT2D eigenvalue weighted by atomic mass is 19.1. The van der Waals surface area contributed by atoms with Crippen molar-refractivity contribution in [2.45, 2.75) is 19.5 Å². The first-order chi connectivity index (χ1) is 13.2. The van der Waals surface area contributed by atoms with Crippen LogP contribution in [0, 0.1) is 5.82 Å². The zero-order valence-electron chi connectivity index (χ0n) is 14.7. The predicted octanol–water partition coefficient (Wildman–Crippen LogP) is 1.36. The van der Waals surface area contributed by atoms with E-state index in [1.807, 2.05) is 4.57 Å². The first-order valence-electron chi connectivity index (χ1n) is 8.22. The van der Waals surface area contributed by atoms with Crippen LogP contribution in [0.1, 0.15) is 12.2 Å². The minimum atomic E-state index is -0.554. The molecule has 3 rings (SSSR count). The van der Waals surface area contributed by atoms with Crippen LogP contribution in [0.15, 0.2) is 37.2 Å². The molecule has 2 aromatic heterocycles. The third kappa shape index (κ3) is 4.85. The molecule has 10 nitrogen and oxygen atoms in total. The Bertz CT molecular complexity index is 880. The van der Waals surface area contributed by atoms with E-state index in [1.54, 1.807) is 24.1 Å². The number of benzene rings is 1. The first kappa shape index (κ1) is 18.5. The molecule has 0 spiro atoms. The van der Waals surface area contributed by atoms with Gasteiger partial charge in [0.05, 0.1) is 17.9 Å². The minimum absolute atomic E-state index is 0.0419. The lowest BCUT2D eigenvalue weighted by Crippen LogP contribution is -2.30. The Morgan fingerprint density at radius 1 is 1.22 bits per heavy atom. The number of rotatable bonds is 8. The van der Waals surface area contributed by atoms with E-state index >= 15 is 0 Å². The molecule has 0 saturated carbocycles. The van der Waals surface area contributed by atoms with E-state index < -0.39 is 11.8 Å². The van der Waals surface area contributed by atoms with Gasteiger partial charge in [0, 0.05) is 20.3 Å². The van der Waals surface area contributed by atoms with E-state index in [9.17, 15) is 9.18 Å². The smallest absolute Gasteiger partial charge is 0.319 e. The molecule has 2 heterocycles. The molecule has 0 fully saturated rings. The van der Waals surface area contributed by atoms with Gasteiger partial charge in [-0.05, 0) is 24.6 Å². The maximum Gasteiger partial charge on any atom is 0.319 e. The Hall–Kier alpha value is -3.34. The number of amides is 2. The second-order valence-corrected chi connectivity index (χ2v) is 5.63. The molecular weight excluding hydrogens is 355 g/mol. The highest BCUT2D eigenvalue weighted by Crippen LogP contribution is 2.18. The van der Waals surface area contributed by atoms with Gasteiger partial charge in [0.1, 0.15) is 24.8 Å². The van der Waals surface area contributed by atoms with Gasteiger partial charge >= 0.3 is 6.03 Å². The molecule has 0 unspecified atom stereocenters. The largest absolute Gasteiger partial charge is 0.385 e. The van der Waals surface area contributed by atoms with E-state index in [4.69, 9.17) is 4.74 Å². The molecule has 27 heavy (non-hydrogen) atoms. The van der Waals surface area contributed by atoms with Gasteiger partial charge in [-0.3, -0.25) is 4.57 Å². The van der Waals surface area contributed by atoms with E-state index in [-0.39, 0.29) is 12.2 Å². The molecule has 0 bridgehead atoms. The van der Waals surface area contributed by atoms with Gasteiger partial charge in [0.2, 0.25) is 0 Å². The third-order valence-electron chi connectivity index (χ3n) is 3.77. The molecule has 0 aliphatic carbocycles. The van der Waals surface area contributed by atoms with Gasteiger partial charge in [0.25, 0.3) is 0 Å². The van der Waals surface area contributed by atoms with Gasteiger partial charge in [-0.1, -0.05) is 0 Å². The van der Waals surface area contributed by atoms with Crippen LogP contribution in [0.5, 0.6) is 0 Å². The van der Waals surface area contributed by atoms with Crippen molar-refractivity contribution in [3.8, 4) is 5.69 Å². The van der Waals surface area contributed by atoms with Gasteiger partial charge in [-0.2, -0.15) is 0 Å². The number of hydrogen-bond acceptors (Lipinski definition) is 6. The van der Waals surface area contributed by atoms with E-state index in [0.717, 1.165) is 6.42 Å². The second-order valence-electron chi connectivity index (χ2n) is 5.63. The summed E-state index contributed by atoms with van der Waals surface area (Å²) in [6.07, 6.45) is 5.35. The van der Waals surface area contributed by atoms with Gasteiger partial charge in [-0.15, -0.1) is 20.4 Å². The molecule has 1 aromatic carbocycles. The van der Waals surface area contributed by atoms with Crippen LogP contribution in [-0.2, 0) is 17.8 Å². The van der Waals surface area contributed by atoms with Crippen molar-refractivity contribution in [1.29, 1.82) is 0 Å². The maximum absolute atomic E-state index is 14.0. The summed E-state index contributed by atoms with van der Waals surface area (Å²) in [4.78, 5) is 12.1. The monoisotopic (exact) mass is 374 g/mol. The molecule has 0 radical (unpaired) electrons. The van der Waals surface area contributed by atoms with E-state index in [0.29, 0.717) is 24.7 Å². The lowest BCUT2D eigenvalue weighted by Gasteiger charge is -2.11. The standard InChI is InChI=1S/C16H19FN8O2/c1-27-6-2-5-24-11-21-23-15(24)8-18-16(26)22-14-7-12(3-4-13(14)17)25-9-19-20-10-25/h3-4,7,9-11H,2,5-6,8H2,1H3,(H2,18,22,26). The number of nitrogens with one attached hydrogen (secondary N) is 2. The molecule has 0 aliphatic rings. The van der Waals surface area contributed by atoms with Crippen molar-refractivity contribution in [2.24, 2.45) is 0 Å². The summed E-state index contributed by atoms with van der Waals surface area (Å²) < 4.78 is 22.4. The molecule has 0 aliphatic heterocycles. The lowest BCUT2D eigenvalue weighted by molar-refractivity contribution is 0.190. The highest BCUT2D eigenvalue weighted by Gasteiger charge is 2.11. The van der Waals surface area contributed by atoms with Crippen LogP contribution in [0.3, 0.4) is 0 Å².